The molecule has 1 atom stereocenters. The Labute approximate surface area is 171 Å². The Bertz CT molecular complexity index is 855. The summed E-state index contributed by atoms with van der Waals surface area (Å²) in [6, 6.07) is 7.75. The lowest BCUT2D eigenvalue weighted by Gasteiger charge is -2.13. The van der Waals surface area contributed by atoms with E-state index in [1.54, 1.807) is 0 Å². The molecule has 27 heavy (non-hydrogen) atoms. The van der Waals surface area contributed by atoms with E-state index >= 15 is 0 Å². The number of anilines is 1. The number of benzene rings is 1. The fraction of sp³-hybridized carbons (Fsp3) is 0.444. The minimum absolute atomic E-state index is 0. The lowest BCUT2D eigenvalue weighted by Crippen LogP contribution is -2.12. The van der Waals surface area contributed by atoms with Crippen LogP contribution in [0.15, 0.2) is 28.8 Å². The first kappa shape index (κ1) is 23.1. The maximum absolute atomic E-state index is 5.66. The number of nitrogens with zero attached hydrogens (tertiary/aromatic N) is 4. The number of fused-ring (bicyclic) bond motifs is 1. The summed E-state index contributed by atoms with van der Waals surface area (Å²) < 4.78 is 5.40. The normalized spacial score (nSPS) is 11.7. The second kappa shape index (κ2) is 10.4. The van der Waals surface area contributed by atoms with Crippen molar-refractivity contribution in [2.75, 3.05) is 11.9 Å². The predicted molar refractivity (Wildman–Crippen MR) is 112 cm³/mol. The third-order valence-corrected chi connectivity index (χ3v) is 3.82. The van der Waals surface area contributed by atoms with Gasteiger partial charge in [0.05, 0.1) is 5.52 Å². The van der Waals surface area contributed by atoms with Gasteiger partial charge in [0.15, 0.2) is 5.82 Å². The number of hydrogen-bond donors (Lipinski definition) is 2. The second-order valence-electron chi connectivity index (χ2n) is 6.56. The number of rotatable bonds is 7. The van der Waals surface area contributed by atoms with Gasteiger partial charge in [0.1, 0.15) is 17.7 Å². The molecule has 0 saturated heterocycles. The molecule has 3 rings (SSSR count). The van der Waals surface area contributed by atoms with E-state index in [9.17, 15) is 0 Å². The summed E-state index contributed by atoms with van der Waals surface area (Å²) in [7, 11) is 0. The summed E-state index contributed by atoms with van der Waals surface area (Å²) in [5.41, 5.74) is 6.55. The van der Waals surface area contributed by atoms with Crippen LogP contribution in [0.5, 0.6) is 0 Å². The largest absolute Gasteiger partial charge is 0.358 e. The van der Waals surface area contributed by atoms with Gasteiger partial charge in [-0.05, 0) is 31.5 Å². The van der Waals surface area contributed by atoms with Crippen molar-refractivity contribution >= 4 is 41.5 Å². The lowest BCUT2D eigenvalue weighted by atomic mass is 10.1. The summed E-state index contributed by atoms with van der Waals surface area (Å²) in [5.74, 6) is 3.25. The van der Waals surface area contributed by atoms with Crippen LogP contribution in [0, 0.1) is 5.92 Å². The second-order valence-corrected chi connectivity index (χ2v) is 6.56. The van der Waals surface area contributed by atoms with Crippen molar-refractivity contribution in [2.24, 2.45) is 11.7 Å². The van der Waals surface area contributed by atoms with E-state index in [0.29, 0.717) is 24.8 Å². The molecule has 2 heterocycles. The van der Waals surface area contributed by atoms with E-state index in [1.807, 2.05) is 31.2 Å². The molecule has 148 valence electrons. The Morgan fingerprint density at radius 3 is 2.48 bits per heavy atom. The number of hydrogen-bond acceptors (Lipinski definition) is 7. The van der Waals surface area contributed by atoms with Crippen molar-refractivity contribution in [3.63, 3.8) is 0 Å². The topological polar surface area (TPSA) is 103 Å². The predicted octanol–water partition coefficient (Wildman–Crippen LogP) is 3.73. The van der Waals surface area contributed by atoms with Crippen molar-refractivity contribution in [3.8, 4) is 0 Å². The van der Waals surface area contributed by atoms with Crippen LogP contribution in [0.2, 0.25) is 0 Å². The SMILES string of the molecule is CC(C)Cc1noc(C(C)Nc2nc(CCN)nc3ccccc23)n1.Cl.Cl. The van der Waals surface area contributed by atoms with Gasteiger partial charge in [-0.2, -0.15) is 4.98 Å². The molecule has 0 aliphatic carbocycles. The highest BCUT2D eigenvalue weighted by Gasteiger charge is 2.17. The van der Waals surface area contributed by atoms with Gasteiger partial charge in [0.2, 0.25) is 5.89 Å². The van der Waals surface area contributed by atoms with E-state index in [0.717, 1.165) is 34.8 Å². The van der Waals surface area contributed by atoms with Gasteiger partial charge in [0, 0.05) is 18.2 Å². The summed E-state index contributed by atoms with van der Waals surface area (Å²) in [6.45, 7) is 6.75. The van der Waals surface area contributed by atoms with Crippen molar-refractivity contribution in [3.05, 3.63) is 41.8 Å². The smallest absolute Gasteiger partial charge is 0.248 e. The standard InChI is InChI=1S/C18H24N6O.2ClH/c1-11(2)10-16-23-18(25-24-16)12(3)20-17-13-6-4-5-7-14(13)21-15(22-17)8-9-19;;/h4-7,11-12H,8-10,19H2,1-3H3,(H,20,21,22);2*1H. The molecule has 3 aromatic rings. The summed E-state index contributed by atoms with van der Waals surface area (Å²) >= 11 is 0. The number of aromatic nitrogens is 4. The maximum Gasteiger partial charge on any atom is 0.248 e. The van der Waals surface area contributed by atoms with E-state index in [2.05, 4.69) is 39.3 Å². The average Bonchev–Trinajstić information content (AvgIpc) is 3.03. The third-order valence-electron chi connectivity index (χ3n) is 3.82. The third kappa shape index (κ3) is 5.76. The van der Waals surface area contributed by atoms with E-state index < -0.39 is 0 Å². The maximum atomic E-state index is 5.66. The monoisotopic (exact) mass is 412 g/mol. The molecule has 0 saturated carbocycles. The highest BCUT2D eigenvalue weighted by atomic mass is 35.5. The summed E-state index contributed by atoms with van der Waals surface area (Å²) in [6.07, 6.45) is 1.43. The molecule has 0 bridgehead atoms. The van der Waals surface area contributed by atoms with Crippen molar-refractivity contribution in [2.45, 2.75) is 39.7 Å². The van der Waals surface area contributed by atoms with E-state index in [4.69, 9.17) is 10.3 Å². The molecule has 7 nitrogen and oxygen atoms in total. The van der Waals surface area contributed by atoms with Gasteiger partial charge in [0.25, 0.3) is 0 Å². The molecule has 0 aliphatic heterocycles. The number of nitrogens with one attached hydrogen (secondary N) is 1. The van der Waals surface area contributed by atoms with Gasteiger partial charge in [-0.3, -0.25) is 0 Å². The van der Waals surface area contributed by atoms with Crippen LogP contribution < -0.4 is 11.1 Å². The van der Waals surface area contributed by atoms with Gasteiger partial charge in [-0.1, -0.05) is 31.1 Å². The molecule has 1 aromatic carbocycles. The van der Waals surface area contributed by atoms with Crippen LogP contribution >= 0.6 is 24.8 Å². The Morgan fingerprint density at radius 1 is 1.04 bits per heavy atom. The number of halogens is 2. The molecule has 0 spiro atoms. The quantitative estimate of drug-likeness (QED) is 0.608. The van der Waals surface area contributed by atoms with E-state index in [1.165, 1.54) is 0 Å². The molecule has 0 radical (unpaired) electrons. The van der Waals surface area contributed by atoms with E-state index in [-0.39, 0.29) is 30.9 Å². The highest BCUT2D eigenvalue weighted by Crippen LogP contribution is 2.24. The molecule has 3 N–H and O–H groups in total. The fourth-order valence-electron chi connectivity index (χ4n) is 2.63. The Hall–Kier alpha value is -1.96. The Morgan fingerprint density at radius 2 is 1.78 bits per heavy atom. The van der Waals surface area contributed by atoms with Gasteiger partial charge in [-0.15, -0.1) is 24.8 Å². The molecule has 1 unspecified atom stereocenters. The minimum Gasteiger partial charge on any atom is -0.358 e. The minimum atomic E-state index is -0.155. The van der Waals surface area contributed by atoms with Crippen LogP contribution in [0.3, 0.4) is 0 Å². The van der Waals surface area contributed by atoms with Crippen molar-refractivity contribution in [1.29, 1.82) is 0 Å². The summed E-state index contributed by atoms with van der Waals surface area (Å²) in [5, 5.41) is 8.39. The lowest BCUT2D eigenvalue weighted by molar-refractivity contribution is 0.361. The van der Waals surface area contributed by atoms with Crippen LogP contribution in [-0.4, -0.2) is 26.7 Å². The first-order valence-corrected chi connectivity index (χ1v) is 8.61. The molecule has 9 heteroatoms. The molecule has 0 aliphatic rings. The summed E-state index contributed by atoms with van der Waals surface area (Å²) in [4.78, 5) is 13.7. The molecule has 0 amide bonds. The van der Waals surface area contributed by atoms with Crippen LogP contribution in [0.4, 0.5) is 5.82 Å². The molecular formula is C18H26Cl2N6O. The van der Waals surface area contributed by atoms with Crippen LogP contribution in [-0.2, 0) is 12.8 Å². The molecular weight excluding hydrogens is 387 g/mol. The molecule has 0 fully saturated rings. The van der Waals surface area contributed by atoms with Crippen LogP contribution in [0.1, 0.15) is 44.4 Å². The Balaban J connectivity index is 0.00000182. The zero-order chi connectivity index (χ0) is 17.8. The van der Waals surface area contributed by atoms with Crippen molar-refractivity contribution < 1.29 is 4.52 Å². The fourth-order valence-corrected chi connectivity index (χ4v) is 2.63. The molecule has 2 aromatic heterocycles. The first-order valence-electron chi connectivity index (χ1n) is 8.61. The van der Waals surface area contributed by atoms with Gasteiger partial charge >= 0.3 is 0 Å². The van der Waals surface area contributed by atoms with Crippen molar-refractivity contribution in [1.82, 2.24) is 20.1 Å². The number of nitrogens with two attached hydrogens (primary N) is 1. The average molecular weight is 413 g/mol. The van der Waals surface area contributed by atoms with Gasteiger partial charge < -0.3 is 15.6 Å². The zero-order valence-corrected chi connectivity index (χ0v) is 17.3. The van der Waals surface area contributed by atoms with Gasteiger partial charge in [-0.25, -0.2) is 9.97 Å². The highest BCUT2D eigenvalue weighted by molar-refractivity contribution is 5.89. The van der Waals surface area contributed by atoms with Crippen LogP contribution in [0.25, 0.3) is 10.9 Å². The zero-order valence-electron chi connectivity index (χ0n) is 15.7. The first-order chi connectivity index (χ1) is 12.1. The Kier molecular flexibility index (Phi) is 8.88. The number of para-hydroxylation sites is 1.